The predicted molar refractivity (Wildman–Crippen MR) is 71.2 cm³/mol. The molecule has 104 valence electrons. The molecular weight excluding hydrogens is 271 g/mol. The van der Waals surface area contributed by atoms with E-state index in [1.54, 1.807) is 12.3 Å². The molecule has 0 bridgehead atoms. The van der Waals surface area contributed by atoms with Crippen LogP contribution in [0.3, 0.4) is 0 Å². The Balaban J connectivity index is 2.45. The molecule has 0 heterocycles. The molecule has 0 unspecified atom stereocenters. The Labute approximate surface area is 114 Å². The van der Waals surface area contributed by atoms with Gasteiger partial charge in [-0.1, -0.05) is 12.1 Å². The number of halogens is 1. The molecule has 7 heteroatoms. The van der Waals surface area contributed by atoms with Gasteiger partial charge in [-0.25, -0.2) is 4.39 Å². The van der Waals surface area contributed by atoms with E-state index in [0.717, 1.165) is 0 Å². The zero-order valence-electron chi connectivity index (χ0n) is 10.6. The predicted octanol–water partition coefficient (Wildman–Crippen LogP) is 1.10. The minimum atomic E-state index is -0.925. The zero-order valence-corrected chi connectivity index (χ0v) is 11.4. The van der Waals surface area contributed by atoms with Crippen LogP contribution in [0.15, 0.2) is 24.3 Å². The second-order valence-electron chi connectivity index (χ2n) is 3.66. The third-order valence-electron chi connectivity index (χ3n) is 2.11. The van der Waals surface area contributed by atoms with Gasteiger partial charge in [0.05, 0.1) is 5.75 Å². The maximum Gasteiger partial charge on any atom is 0.279 e. The first-order valence-corrected chi connectivity index (χ1v) is 6.92. The number of hydrogen-bond acceptors (Lipinski definition) is 4. The number of benzene rings is 1. The van der Waals surface area contributed by atoms with Crippen LogP contribution in [-0.4, -0.2) is 29.9 Å². The smallest absolute Gasteiger partial charge is 0.279 e. The molecule has 1 aromatic rings. The number of hydrazine groups is 1. The highest BCUT2D eigenvalue weighted by atomic mass is 32.2. The molecule has 0 aliphatic heterocycles. The van der Waals surface area contributed by atoms with Crippen LogP contribution in [0.4, 0.5) is 4.39 Å². The van der Waals surface area contributed by atoms with Gasteiger partial charge in [0.2, 0.25) is 5.91 Å². The first kappa shape index (κ1) is 15.3. The molecule has 1 aromatic carbocycles. The number of ether oxygens (including phenoxy) is 1. The summed E-state index contributed by atoms with van der Waals surface area (Å²) in [6.07, 6.45) is 0.845. The van der Waals surface area contributed by atoms with Crippen molar-refractivity contribution in [3.05, 3.63) is 30.1 Å². The Kier molecular flexibility index (Phi) is 6.14. The fraction of sp³-hybridized carbons (Fsp3) is 0.333. The third-order valence-corrected chi connectivity index (χ3v) is 2.66. The maximum atomic E-state index is 13.3. The van der Waals surface area contributed by atoms with Crippen LogP contribution in [0.1, 0.15) is 6.92 Å². The highest BCUT2D eigenvalue weighted by molar-refractivity contribution is 7.99. The lowest BCUT2D eigenvalue weighted by Gasteiger charge is -2.15. The van der Waals surface area contributed by atoms with Crippen molar-refractivity contribution in [2.75, 3.05) is 12.0 Å². The summed E-state index contributed by atoms with van der Waals surface area (Å²) in [5.41, 5.74) is 4.44. The first-order valence-electron chi connectivity index (χ1n) is 5.53. The number of carbonyl (C=O) groups is 2. The average molecular weight is 286 g/mol. The molecule has 0 saturated carbocycles. The number of para-hydroxylation sites is 1. The van der Waals surface area contributed by atoms with Gasteiger partial charge in [-0.15, -0.1) is 0 Å². The lowest BCUT2D eigenvalue weighted by Crippen LogP contribution is -2.47. The quantitative estimate of drug-likeness (QED) is 0.796. The Bertz CT molecular complexity index is 456. The van der Waals surface area contributed by atoms with E-state index in [0.29, 0.717) is 0 Å². The van der Waals surface area contributed by atoms with Crippen molar-refractivity contribution in [3.63, 3.8) is 0 Å². The van der Waals surface area contributed by atoms with E-state index in [9.17, 15) is 14.0 Å². The van der Waals surface area contributed by atoms with Crippen LogP contribution in [0.25, 0.3) is 0 Å². The number of rotatable bonds is 5. The fourth-order valence-electron chi connectivity index (χ4n) is 1.18. The second-order valence-corrected chi connectivity index (χ2v) is 4.53. The summed E-state index contributed by atoms with van der Waals surface area (Å²) in [4.78, 5) is 22.7. The molecule has 0 radical (unpaired) electrons. The van der Waals surface area contributed by atoms with Gasteiger partial charge in [-0.2, -0.15) is 11.8 Å². The largest absolute Gasteiger partial charge is 0.478 e. The summed E-state index contributed by atoms with van der Waals surface area (Å²) in [7, 11) is 0. The van der Waals surface area contributed by atoms with E-state index in [2.05, 4.69) is 10.9 Å². The lowest BCUT2D eigenvalue weighted by molar-refractivity contribution is -0.132. The first-order chi connectivity index (χ1) is 9.04. The van der Waals surface area contributed by atoms with Crippen molar-refractivity contribution in [3.8, 4) is 5.75 Å². The van der Waals surface area contributed by atoms with Gasteiger partial charge in [0, 0.05) is 0 Å². The third kappa shape index (κ3) is 5.17. The Morgan fingerprint density at radius 2 is 2.05 bits per heavy atom. The van der Waals surface area contributed by atoms with Crippen LogP contribution < -0.4 is 15.6 Å². The summed E-state index contributed by atoms with van der Waals surface area (Å²) in [5, 5.41) is 0. The van der Waals surface area contributed by atoms with Gasteiger partial charge in [0.1, 0.15) is 0 Å². The molecule has 0 fully saturated rings. The van der Waals surface area contributed by atoms with Crippen LogP contribution in [0.5, 0.6) is 5.75 Å². The minimum absolute atomic E-state index is 0.0133. The van der Waals surface area contributed by atoms with Crippen molar-refractivity contribution >= 4 is 23.6 Å². The molecule has 19 heavy (non-hydrogen) atoms. The van der Waals surface area contributed by atoms with Crippen molar-refractivity contribution in [2.45, 2.75) is 13.0 Å². The summed E-state index contributed by atoms with van der Waals surface area (Å²) in [5.74, 6) is -1.20. The number of thioether (sulfide) groups is 1. The molecule has 0 aromatic heterocycles. The summed E-state index contributed by atoms with van der Waals surface area (Å²) >= 11 is 1.33. The molecule has 5 nitrogen and oxygen atoms in total. The van der Waals surface area contributed by atoms with E-state index >= 15 is 0 Å². The van der Waals surface area contributed by atoms with Crippen LogP contribution in [0.2, 0.25) is 0 Å². The summed E-state index contributed by atoms with van der Waals surface area (Å²) < 4.78 is 18.5. The Morgan fingerprint density at radius 3 is 2.68 bits per heavy atom. The number of carbonyl (C=O) groups excluding carboxylic acids is 2. The monoisotopic (exact) mass is 286 g/mol. The molecule has 2 amide bonds. The van der Waals surface area contributed by atoms with E-state index in [-0.39, 0.29) is 17.4 Å². The molecule has 1 rings (SSSR count). The molecule has 0 saturated heterocycles. The molecule has 1 atom stereocenters. The molecule has 0 spiro atoms. The minimum Gasteiger partial charge on any atom is -0.478 e. The molecule has 0 aliphatic carbocycles. The summed E-state index contributed by atoms with van der Waals surface area (Å²) in [6.45, 7) is 1.46. The number of hydrogen-bond donors (Lipinski definition) is 2. The highest BCUT2D eigenvalue weighted by Crippen LogP contribution is 2.16. The Morgan fingerprint density at radius 1 is 1.37 bits per heavy atom. The van der Waals surface area contributed by atoms with Crippen molar-refractivity contribution in [1.29, 1.82) is 0 Å². The lowest BCUT2D eigenvalue weighted by atomic mass is 10.3. The van der Waals surface area contributed by atoms with E-state index in [4.69, 9.17) is 4.74 Å². The van der Waals surface area contributed by atoms with Gasteiger partial charge in [0.25, 0.3) is 5.91 Å². The van der Waals surface area contributed by atoms with E-state index in [1.807, 2.05) is 0 Å². The van der Waals surface area contributed by atoms with Crippen LogP contribution in [-0.2, 0) is 9.59 Å². The van der Waals surface area contributed by atoms with Gasteiger partial charge in [-0.3, -0.25) is 20.4 Å². The molecular formula is C12H15FN2O3S. The SMILES string of the molecule is CSCC(=O)NNC(=O)[C@@H](C)Oc1ccccc1F. The van der Waals surface area contributed by atoms with E-state index in [1.165, 1.54) is 36.9 Å². The van der Waals surface area contributed by atoms with Crippen LogP contribution in [0, 0.1) is 5.82 Å². The second kappa shape index (κ2) is 7.63. The fourth-order valence-corrected chi connectivity index (χ4v) is 1.52. The standard InChI is InChI=1S/C12H15FN2O3S/c1-8(12(17)15-14-11(16)7-19-2)18-10-6-4-3-5-9(10)13/h3-6,8H,7H2,1-2H3,(H,14,16)(H,15,17)/t8-/m1/s1. The van der Waals surface area contributed by atoms with Crippen molar-refractivity contribution < 1.29 is 18.7 Å². The maximum absolute atomic E-state index is 13.3. The van der Waals surface area contributed by atoms with Gasteiger partial charge in [-0.05, 0) is 25.3 Å². The van der Waals surface area contributed by atoms with Crippen molar-refractivity contribution in [1.82, 2.24) is 10.9 Å². The van der Waals surface area contributed by atoms with E-state index < -0.39 is 17.8 Å². The topological polar surface area (TPSA) is 67.4 Å². The average Bonchev–Trinajstić information content (AvgIpc) is 2.39. The van der Waals surface area contributed by atoms with Gasteiger partial charge >= 0.3 is 0 Å². The highest BCUT2D eigenvalue weighted by Gasteiger charge is 2.16. The number of amides is 2. The van der Waals surface area contributed by atoms with Gasteiger partial charge in [0.15, 0.2) is 17.7 Å². The Hall–Kier alpha value is -1.76. The van der Waals surface area contributed by atoms with Crippen LogP contribution >= 0.6 is 11.8 Å². The van der Waals surface area contributed by atoms with Gasteiger partial charge < -0.3 is 4.74 Å². The zero-order chi connectivity index (χ0) is 14.3. The molecule has 2 N–H and O–H groups in total. The summed E-state index contributed by atoms with van der Waals surface area (Å²) in [6, 6.07) is 5.78. The normalized spacial score (nSPS) is 11.5. The number of nitrogens with one attached hydrogen (secondary N) is 2. The molecule has 0 aliphatic rings. The van der Waals surface area contributed by atoms with Crippen molar-refractivity contribution in [2.24, 2.45) is 0 Å².